The van der Waals surface area contributed by atoms with E-state index in [0.29, 0.717) is 52.2 Å². The molecule has 0 aliphatic carbocycles. The molecule has 0 aromatic carbocycles. The molecule has 2 saturated heterocycles. The number of nitrogens with zero attached hydrogens (tertiary/aromatic N) is 3. The summed E-state index contributed by atoms with van der Waals surface area (Å²) in [5.41, 5.74) is 5.47. The Balaban J connectivity index is 0.00000364. The maximum atomic E-state index is 12.9. The van der Waals surface area contributed by atoms with Gasteiger partial charge in [-0.05, 0) is 33.2 Å². The van der Waals surface area contributed by atoms with Gasteiger partial charge in [-0.1, -0.05) is 12.8 Å². The van der Waals surface area contributed by atoms with E-state index in [4.69, 9.17) is 10.5 Å². The average Bonchev–Trinajstić information content (AvgIpc) is 2.60. The van der Waals surface area contributed by atoms with Crippen molar-refractivity contribution in [1.82, 2.24) is 13.5 Å². The molecule has 27 heavy (non-hydrogen) atoms. The number of morpholine rings is 1. The fourth-order valence-corrected chi connectivity index (χ4v) is 5.33. The van der Waals surface area contributed by atoms with E-state index in [2.05, 4.69) is 0 Å². The number of nitrogens with two attached hydrogens (primary N) is 1. The van der Waals surface area contributed by atoms with Gasteiger partial charge in [0.25, 0.3) is 10.2 Å². The summed E-state index contributed by atoms with van der Waals surface area (Å²) >= 11 is 0. The Kier molecular flexibility index (Phi) is 10.5. The van der Waals surface area contributed by atoms with Crippen LogP contribution in [0.5, 0.6) is 0 Å². The van der Waals surface area contributed by atoms with Crippen LogP contribution in [0.3, 0.4) is 0 Å². The van der Waals surface area contributed by atoms with Gasteiger partial charge in [-0.25, -0.2) is 0 Å². The first kappa shape index (κ1) is 24.6. The second-order valence-electron chi connectivity index (χ2n) is 7.31. The number of carbonyl (C=O) groups is 1. The largest absolute Gasteiger partial charge is 0.373 e. The number of hydrogen-bond donors (Lipinski definition) is 1. The van der Waals surface area contributed by atoms with E-state index in [1.165, 1.54) is 8.61 Å². The fraction of sp³-hybridized carbons (Fsp3) is 0.941. The third-order valence-corrected chi connectivity index (χ3v) is 6.94. The van der Waals surface area contributed by atoms with Crippen molar-refractivity contribution in [2.45, 2.75) is 58.2 Å². The molecule has 0 aromatic rings. The molecule has 0 aromatic heterocycles. The molecule has 2 aliphatic heterocycles. The second-order valence-corrected chi connectivity index (χ2v) is 9.24. The molecule has 10 heteroatoms. The Morgan fingerprint density at radius 1 is 0.963 bits per heavy atom. The molecular weight excluding hydrogens is 392 g/mol. The number of piperazine rings is 1. The molecule has 160 valence electrons. The van der Waals surface area contributed by atoms with Crippen LogP contribution >= 0.6 is 12.4 Å². The Labute approximate surface area is 170 Å². The highest BCUT2D eigenvalue weighted by Gasteiger charge is 2.37. The number of carbonyl (C=O) groups excluding carboxylic acids is 1. The highest BCUT2D eigenvalue weighted by atomic mass is 35.5. The van der Waals surface area contributed by atoms with E-state index < -0.39 is 10.2 Å². The molecule has 2 heterocycles. The summed E-state index contributed by atoms with van der Waals surface area (Å²) in [6.07, 6.45) is 4.29. The van der Waals surface area contributed by atoms with Crippen LogP contribution in [0.1, 0.15) is 46.0 Å². The SMILES string of the molecule is CC1CN(S(=O)(=O)N2CCN(C(=O)CCCCCCN)CC2)CC(C)O1.Cl. The van der Waals surface area contributed by atoms with Crippen LogP contribution in [0, 0.1) is 0 Å². The maximum absolute atomic E-state index is 12.9. The highest BCUT2D eigenvalue weighted by molar-refractivity contribution is 7.86. The van der Waals surface area contributed by atoms with Crippen molar-refractivity contribution in [1.29, 1.82) is 0 Å². The van der Waals surface area contributed by atoms with Crippen molar-refractivity contribution in [3.63, 3.8) is 0 Å². The van der Waals surface area contributed by atoms with Crippen molar-refractivity contribution in [2.75, 3.05) is 45.8 Å². The lowest BCUT2D eigenvalue weighted by molar-refractivity contribution is -0.132. The van der Waals surface area contributed by atoms with Crippen molar-refractivity contribution < 1.29 is 17.9 Å². The van der Waals surface area contributed by atoms with Crippen molar-refractivity contribution >= 4 is 28.5 Å². The molecule has 2 fully saturated rings. The number of unbranched alkanes of at least 4 members (excludes halogenated alkanes) is 3. The lowest BCUT2D eigenvalue weighted by atomic mass is 10.1. The van der Waals surface area contributed by atoms with Crippen LogP contribution in [0.25, 0.3) is 0 Å². The van der Waals surface area contributed by atoms with Gasteiger partial charge in [-0.2, -0.15) is 17.0 Å². The van der Waals surface area contributed by atoms with Gasteiger partial charge in [0.05, 0.1) is 12.2 Å². The first-order chi connectivity index (χ1) is 12.3. The van der Waals surface area contributed by atoms with Crippen molar-refractivity contribution in [3.05, 3.63) is 0 Å². The molecule has 2 atom stereocenters. The summed E-state index contributed by atoms with van der Waals surface area (Å²) < 4.78 is 34.4. The monoisotopic (exact) mass is 426 g/mol. The molecule has 0 saturated carbocycles. The Morgan fingerprint density at radius 2 is 1.52 bits per heavy atom. The number of halogens is 1. The first-order valence-corrected chi connectivity index (χ1v) is 11.1. The van der Waals surface area contributed by atoms with Crippen LogP contribution in [-0.2, 0) is 19.7 Å². The van der Waals surface area contributed by atoms with Crippen LogP contribution in [0.2, 0.25) is 0 Å². The predicted octanol–water partition coefficient (Wildman–Crippen LogP) is 0.816. The third-order valence-electron chi connectivity index (χ3n) is 4.97. The van der Waals surface area contributed by atoms with Gasteiger partial charge in [-0.3, -0.25) is 4.79 Å². The average molecular weight is 427 g/mol. The van der Waals surface area contributed by atoms with Crippen LogP contribution in [0.15, 0.2) is 0 Å². The fourth-order valence-electron chi connectivity index (χ4n) is 3.58. The molecule has 2 rings (SSSR count). The van der Waals surface area contributed by atoms with Gasteiger partial charge in [0.2, 0.25) is 5.91 Å². The number of rotatable bonds is 8. The van der Waals surface area contributed by atoms with E-state index in [-0.39, 0.29) is 30.5 Å². The summed E-state index contributed by atoms with van der Waals surface area (Å²) in [5.74, 6) is 0.128. The number of hydrogen-bond acceptors (Lipinski definition) is 5. The normalized spacial score (nSPS) is 25.2. The highest BCUT2D eigenvalue weighted by Crippen LogP contribution is 2.19. The van der Waals surface area contributed by atoms with Gasteiger partial charge in [0.1, 0.15) is 0 Å². The second kappa shape index (κ2) is 11.5. The molecule has 2 unspecified atom stereocenters. The van der Waals surface area contributed by atoms with Crippen molar-refractivity contribution in [2.24, 2.45) is 5.73 Å². The van der Waals surface area contributed by atoms with Gasteiger partial charge in [0.15, 0.2) is 0 Å². The zero-order valence-electron chi connectivity index (χ0n) is 16.5. The molecule has 2 aliphatic rings. The van der Waals surface area contributed by atoms with Gasteiger partial charge >= 0.3 is 0 Å². The minimum atomic E-state index is -3.49. The van der Waals surface area contributed by atoms with Crippen LogP contribution in [0.4, 0.5) is 0 Å². The summed E-state index contributed by atoms with van der Waals surface area (Å²) in [6.45, 7) is 6.91. The smallest absolute Gasteiger partial charge is 0.282 e. The van der Waals surface area contributed by atoms with Gasteiger partial charge in [-0.15, -0.1) is 12.4 Å². The summed E-state index contributed by atoms with van der Waals surface area (Å²) in [4.78, 5) is 14.1. The summed E-state index contributed by atoms with van der Waals surface area (Å²) in [5, 5.41) is 0. The zero-order chi connectivity index (χ0) is 19.2. The molecule has 8 nitrogen and oxygen atoms in total. The van der Waals surface area contributed by atoms with Gasteiger partial charge < -0.3 is 15.4 Å². The molecule has 0 bridgehead atoms. The Morgan fingerprint density at radius 3 is 2.07 bits per heavy atom. The van der Waals surface area contributed by atoms with E-state index in [9.17, 15) is 13.2 Å². The quantitative estimate of drug-likeness (QED) is 0.579. The lowest BCUT2D eigenvalue weighted by Gasteiger charge is -2.40. The van der Waals surface area contributed by atoms with Crippen LogP contribution in [-0.4, -0.2) is 85.9 Å². The maximum Gasteiger partial charge on any atom is 0.282 e. The molecule has 1 amide bonds. The minimum absolute atomic E-state index is 0. The van der Waals surface area contributed by atoms with Crippen molar-refractivity contribution in [3.8, 4) is 0 Å². The van der Waals surface area contributed by atoms with E-state index in [1.54, 1.807) is 4.90 Å². The standard InChI is InChI=1S/C17H34N4O4S.ClH/c1-15-13-21(14-16(2)25-15)26(23,24)20-11-9-19(10-12-20)17(22)7-5-3-4-6-8-18;/h15-16H,3-14,18H2,1-2H3;1H. The number of ether oxygens (including phenoxy) is 1. The molecule has 0 radical (unpaired) electrons. The third kappa shape index (κ3) is 7.14. The summed E-state index contributed by atoms with van der Waals surface area (Å²) in [6, 6.07) is 0. The minimum Gasteiger partial charge on any atom is -0.373 e. The molecule has 0 spiro atoms. The zero-order valence-corrected chi connectivity index (χ0v) is 18.1. The topological polar surface area (TPSA) is 96.2 Å². The molecular formula is C17H35ClN4O4S. The van der Waals surface area contributed by atoms with E-state index in [0.717, 1.165) is 25.7 Å². The lowest BCUT2D eigenvalue weighted by Crippen LogP contribution is -2.57. The number of amides is 1. The Hall–Kier alpha value is -0.450. The first-order valence-electron chi connectivity index (χ1n) is 9.73. The van der Waals surface area contributed by atoms with E-state index in [1.807, 2.05) is 13.8 Å². The Bertz CT molecular complexity index is 545. The molecule has 2 N–H and O–H groups in total. The van der Waals surface area contributed by atoms with Gasteiger partial charge in [0, 0.05) is 45.7 Å². The van der Waals surface area contributed by atoms with E-state index >= 15 is 0 Å². The summed E-state index contributed by atoms with van der Waals surface area (Å²) in [7, 11) is -3.49. The van der Waals surface area contributed by atoms with Crippen LogP contribution < -0.4 is 5.73 Å². The predicted molar refractivity (Wildman–Crippen MR) is 108 cm³/mol.